The van der Waals surface area contributed by atoms with Gasteiger partial charge in [-0.05, 0) is 43.8 Å². The maximum Gasteiger partial charge on any atom is 0.0795 e. The molecule has 1 atom stereocenters. The lowest BCUT2D eigenvalue weighted by atomic mass is 9.79. The van der Waals surface area contributed by atoms with Gasteiger partial charge in [0.1, 0.15) is 0 Å². The number of aliphatic hydroxyl groups is 1. The van der Waals surface area contributed by atoms with Gasteiger partial charge in [0, 0.05) is 13.1 Å². The lowest BCUT2D eigenvalue weighted by Crippen LogP contribution is -2.49. The predicted molar refractivity (Wildman–Crippen MR) is 78.7 cm³/mol. The van der Waals surface area contributed by atoms with E-state index in [-0.39, 0.29) is 0 Å². The number of likely N-dealkylation sites (tertiary alicyclic amines) is 1. The van der Waals surface area contributed by atoms with Crippen molar-refractivity contribution in [2.45, 2.75) is 38.3 Å². The van der Waals surface area contributed by atoms with Gasteiger partial charge in [-0.1, -0.05) is 37.3 Å². The molecule has 1 aliphatic rings. The third-order valence-corrected chi connectivity index (χ3v) is 4.56. The van der Waals surface area contributed by atoms with E-state index in [9.17, 15) is 5.11 Å². The van der Waals surface area contributed by atoms with E-state index < -0.39 is 5.60 Å². The highest BCUT2D eigenvalue weighted by Gasteiger charge is 2.35. The second-order valence-corrected chi connectivity index (χ2v) is 5.70. The van der Waals surface area contributed by atoms with Crippen LogP contribution in [0, 0.1) is 5.92 Å². The molecule has 1 aromatic rings. The SMILES string of the molecule is CCC(O)(CN)C1CCN(Cc2ccccc2)CC1. The van der Waals surface area contributed by atoms with Crippen molar-refractivity contribution in [1.82, 2.24) is 4.90 Å². The summed E-state index contributed by atoms with van der Waals surface area (Å²) >= 11 is 0. The summed E-state index contributed by atoms with van der Waals surface area (Å²) in [5, 5.41) is 10.5. The van der Waals surface area contributed by atoms with Gasteiger partial charge in [0.2, 0.25) is 0 Å². The van der Waals surface area contributed by atoms with Gasteiger partial charge < -0.3 is 10.8 Å². The Hall–Kier alpha value is -0.900. The van der Waals surface area contributed by atoms with Crippen molar-refractivity contribution in [3.63, 3.8) is 0 Å². The summed E-state index contributed by atoms with van der Waals surface area (Å²) in [6.07, 6.45) is 2.86. The van der Waals surface area contributed by atoms with Crippen molar-refractivity contribution in [3.8, 4) is 0 Å². The third-order valence-electron chi connectivity index (χ3n) is 4.56. The van der Waals surface area contributed by atoms with Crippen molar-refractivity contribution in [3.05, 3.63) is 35.9 Å². The van der Waals surface area contributed by atoms with Gasteiger partial charge in [0.25, 0.3) is 0 Å². The topological polar surface area (TPSA) is 49.5 Å². The molecule has 1 heterocycles. The summed E-state index contributed by atoms with van der Waals surface area (Å²) in [7, 11) is 0. The summed E-state index contributed by atoms with van der Waals surface area (Å²) in [4.78, 5) is 2.47. The number of rotatable bonds is 5. The maximum atomic E-state index is 10.5. The zero-order chi connectivity index (χ0) is 13.7. The molecular weight excluding hydrogens is 236 g/mol. The molecule has 1 unspecified atom stereocenters. The zero-order valence-corrected chi connectivity index (χ0v) is 11.9. The first-order chi connectivity index (χ1) is 9.18. The second kappa shape index (κ2) is 6.51. The molecule has 1 aliphatic heterocycles. The standard InChI is InChI=1S/C16H26N2O/c1-2-16(19,13-17)15-8-10-18(11-9-15)12-14-6-4-3-5-7-14/h3-7,15,19H,2,8-13,17H2,1H3. The van der Waals surface area contributed by atoms with Gasteiger partial charge in [-0.25, -0.2) is 0 Å². The Morgan fingerprint density at radius 2 is 1.89 bits per heavy atom. The van der Waals surface area contributed by atoms with Crippen LogP contribution < -0.4 is 5.73 Å². The average Bonchev–Trinajstić information content (AvgIpc) is 2.48. The first-order valence-corrected chi connectivity index (χ1v) is 7.36. The molecule has 1 aromatic carbocycles. The van der Waals surface area contributed by atoms with E-state index in [1.165, 1.54) is 5.56 Å². The Morgan fingerprint density at radius 3 is 2.42 bits per heavy atom. The molecule has 106 valence electrons. The van der Waals surface area contributed by atoms with E-state index in [1.807, 2.05) is 6.92 Å². The summed E-state index contributed by atoms with van der Waals surface area (Å²) in [6.45, 7) is 5.54. The Labute approximate surface area is 116 Å². The van der Waals surface area contributed by atoms with E-state index in [2.05, 4.69) is 35.2 Å². The van der Waals surface area contributed by atoms with Crippen LogP contribution in [0.3, 0.4) is 0 Å². The minimum absolute atomic E-state index is 0.356. The monoisotopic (exact) mass is 262 g/mol. The molecule has 3 N–H and O–H groups in total. The predicted octanol–water partition coefficient (Wildman–Crippen LogP) is 2.00. The van der Waals surface area contributed by atoms with Crippen LogP contribution in [0.1, 0.15) is 31.7 Å². The molecule has 2 rings (SSSR count). The van der Waals surface area contributed by atoms with Crippen molar-refractivity contribution in [2.24, 2.45) is 11.7 Å². The average molecular weight is 262 g/mol. The van der Waals surface area contributed by atoms with E-state index >= 15 is 0 Å². The molecule has 0 amide bonds. The number of hydrogen-bond acceptors (Lipinski definition) is 3. The lowest BCUT2D eigenvalue weighted by Gasteiger charge is -2.40. The minimum Gasteiger partial charge on any atom is -0.388 e. The van der Waals surface area contributed by atoms with Gasteiger partial charge in [0.05, 0.1) is 5.60 Å². The summed E-state index contributed by atoms with van der Waals surface area (Å²) in [6, 6.07) is 10.6. The summed E-state index contributed by atoms with van der Waals surface area (Å²) < 4.78 is 0. The fourth-order valence-corrected chi connectivity index (χ4v) is 3.07. The number of piperidine rings is 1. The van der Waals surface area contributed by atoms with Gasteiger partial charge in [0.15, 0.2) is 0 Å². The number of nitrogens with two attached hydrogens (primary N) is 1. The van der Waals surface area contributed by atoms with E-state index in [1.54, 1.807) is 0 Å². The molecule has 0 bridgehead atoms. The Morgan fingerprint density at radius 1 is 1.26 bits per heavy atom. The Kier molecular flexibility index (Phi) is 4.97. The van der Waals surface area contributed by atoms with Crippen LogP contribution in [0.15, 0.2) is 30.3 Å². The highest BCUT2D eigenvalue weighted by atomic mass is 16.3. The highest BCUT2D eigenvalue weighted by molar-refractivity contribution is 5.14. The third kappa shape index (κ3) is 3.56. The van der Waals surface area contributed by atoms with Gasteiger partial charge in [-0.2, -0.15) is 0 Å². The first kappa shape index (κ1) is 14.5. The molecule has 0 radical (unpaired) electrons. The molecular formula is C16H26N2O. The van der Waals surface area contributed by atoms with E-state index in [0.717, 1.165) is 38.9 Å². The molecule has 3 nitrogen and oxygen atoms in total. The summed E-state index contributed by atoms with van der Waals surface area (Å²) in [5.41, 5.74) is 6.46. The molecule has 0 aromatic heterocycles. The first-order valence-electron chi connectivity index (χ1n) is 7.36. The number of nitrogens with zero attached hydrogens (tertiary/aromatic N) is 1. The van der Waals surface area contributed by atoms with Crippen molar-refractivity contribution < 1.29 is 5.11 Å². The normalized spacial score (nSPS) is 21.2. The molecule has 0 aliphatic carbocycles. The van der Waals surface area contributed by atoms with Crippen LogP contribution in [-0.4, -0.2) is 35.2 Å². The number of benzene rings is 1. The van der Waals surface area contributed by atoms with Crippen LogP contribution in [0.4, 0.5) is 0 Å². The van der Waals surface area contributed by atoms with E-state index in [0.29, 0.717) is 12.5 Å². The fourth-order valence-electron chi connectivity index (χ4n) is 3.07. The maximum absolute atomic E-state index is 10.5. The molecule has 1 saturated heterocycles. The minimum atomic E-state index is -0.654. The molecule has 19 heavy (non-hydrogen) atoms. The van der Waals surface area contributed by atoms with Crippen LogP contribution in [0.5, 0.6) is 0 Å². The largest absolute Gasteiger partial charge is 0.388 e. The Bertz CT molecular complexity index is 368. The fraction of sp³-hybridized carbons (Fsp3) is 0.625. The molecule has 0 saturated carbocycles. The van der Waals surface area contributed by atoms with E-state index in [4.69, 9.17) is 5.73 Å². The van der Waals surface area contributed by atoms with Gasteiger partial charge in [-0.3, -0.25) is 4.90 Å². The van der Waals surface area contributed by atoms with Crippen LogP contribution in [0.25, 0.3) is 0 Å². The zero-order valence-electron chi connectivity index (χ0n) is 11.9. The van der Waals surface area contributed by atoms with Crippen molar-refractivity contribution in [1.29, 1.82) is 0 Å². The molecule has 1 fully saturated rings. The lowest BCUT2D eigenvalue weighted by molar-refractivity contribution is -0.0393. The summed E-state index contributed by atoms with van der Waals surface area (Å²) in [5.74, 6) is 0.356. The number of hydrogen-bond donors (Lipinski definition) is 2. The molecule has 0 spiro atoms. The van der Waals surface area contributed by atoms with Crippen LogP contribution in [0.2, 0.25) is 0 Å². The second-order valence-electron chi connectivity index (χ2n) is 5.70. The van der Waals surface area contributed by atoms with Crippen molar-refractivity contribution in [2.75, 3.05) is 19.6 Å². The quantitative estimate of drug-likeness (QED) is 0.853. The van der Waals surface area contributed by atoms with Crippen molar-refractivity contribution >= 4 is 0 Å². The Balaban J connectivity index is 1.86. The highest BCUT2D eigenvalue weighted by Crippen LogP contribution is 2.30. The smallest absolute Gasteiger partial charge is 0.0795 e. The van der Waals surface area contributed by atoms with Crippen LogP contribution >= 0.6 is 0 Å². The molecule has 3 heteroatoms. The van der Waals surface area contributed by atoms with Gasteiger partial charge in [-0.15, -0.1) is 0 Å². The van der Waals surface area contributed by atoms with Crippen LogP contribution in [-0.2, 0) is 6.54 Å². The van der Waals surface area contributed by atoms with Gasteiger partial charge >= 0.3 is 0 Å².